The van der Waals surface area contributed by atoms with Gasteiger partial charge in [-0.05, 0) is 26.0 Å². The maximum Gasteiger partial charge on any atom is 0.188 e. The van der Waals surface area contributed by atoms with E-state index in [0.717, 1.165) is 29.4 Å². The van der Waals surface area contributed by atoms with E-state index < -0.39 is 0 Å². The van der Waals surface area contributed by atoms with Crippen LogP contribution in [0.5, 0.6) is 0 Å². The first-order valence-corrected chi connectivity index (χ1v) is 6.48. The van der Waals surface area contributed by atoms with Crippen LogP contribution in [0.1, 0.15) is 23.1 Å². The quantitative estimate of drug-likeness (QED) is 0.902. The summed E-state index contributed by atoms with van der Waals surface area (Å²) in [7, 11) is 0. The molecule has 2 aromatic heterocycles. The van der Waals surface area contributed by atoms with Gasteiger partial charge in [-0.2, -0.15) is 0 Å². The molecule has 0 aromatic carbocycles. The Kier molecular flexibility index (Phi) is 3.81. The Morgan fingerprint density at radius 3 is 2.59 bits per heavy atom. The van der Waals surface area contributed by atoms with Gasteiger partial charge in [0.1, 0.15) is 0 Å². The van der Waals surface area contributed by atoms with Crippen molar-refractivity contribution < 1.29 is 0 Å². The van der Waals surface area contributed by atoms with E-state index in [1.807, 2.05) is 26.2 Å². The lowest BCUT2D eigenvalue weighted by Gasteiger charge is -1.97. The molecule has 5 heteroatoms. The average molecular weight is 248 g/mol. The third kappa shape index (κ3) is 2.87. The number of aryl methyl sites for hydroxylation is 2. The Hall–Kier alpha value is -1.33. The number of hydrogen-bond acceptors (Lipinski definition) is 5. The molecule has 2 rings (SSSR count). The molecule has 1 N–H and O–H groups in total. The van der Waals surface area contributed by atoms with Gasteiger partial charge in [0.15, 0.2) is 10.8 Å². The predicted molar refractivity (Wildman–Crippen MR) is 70.0 cm³/mol. The van der Waals surface area contributed by atoms with Crippen molar-refractivity contribution in [1.29, 1.82) is 0 Å². The minimum atomic E-state index is 0.714. The van der Waals surface area contributed by atoms with Crippen molar-refractivity contribution >= 4 is 11.3 Å². The topological polar surface area (TPSA) is 50.7 Å². The van der Waals surface area contributed by atoms with E-state index in [9.17, 15) is 0 Å². The minimum Gasteiger partial charge on any atom is -0.312 e. The van der Waals surface area contributed by atoms with Gasteiger partial charge in [-0.25, -0.2) is 15.0 Å². The molecule has 0 radical (unpaired) electrons. The molecule has 0 saturated heterocycles. The van der Waals surface area contributed by atoms with Crippen LogP contribution in [0.3, 0.4) is 0 Å². The second-order valence-corrected chi connectivity index (χ2v) is 4.98. The van der Waals surface area contributed by atoms with Crippen molar-refractivity contribution in [2.24, 2.45) is 0 Å². The van der Waals surface area contributed by atoms with Gasteiger partial charge in [0.2, 0.25) is 0 Å². The summed E-state index contributed by atoms with van der Waals surface area (Å²) in [5.41, 5.74) is 2.13. The van der Waals surface area contributed by atoms with Crippen LogP contribution in [0.2, 0.25) is 0 Å². The SMILES string of the molecule is CCNCc1sc(-c2ncc(C)cn2)nc1C. The maximum absolute atomic E-state index is 4.52. The van der Waals surface area contributed by atoms with Crippen LogP contribution in [-0.4, -0.2) is 21.5 Å². The molecule has 0 spiro atoms. The second-order valence-electron chi connectivity index (χ2n) is 3.89. The standard InChI is InChI=1S/C12H16N4S/c1-4-13-7-10-9(3)16-12(17-10)11-14-5-8(2)6-15-11/h5-6,13H,4,7H2,1-3H3. The molecule has 0 aliphatic heterocycles. The molecule has 0 aliphatic carbocycles. The molecule has 90 valence electrons. The van der Waals surface area contributed by atoms with Crippen molar-refractivity contribution in [2.75, 3.05) is 6.54 Å². The first-order valence-electron chi connectivity index (χ1n) is 5.66. The third-order valence-electron chi connectivity index (χ3n) is 2.40. The zero-order valence-electron chi connectivity index (χ0n) is 10.3. The lowest BCUT2D eigenvalue weighted by molar-refractivity contribution is 0.731. The van der Waals surface area contributed by atoms with Crippen molar-refractivity contribution in [1.82, 2.24) is 20.3 Å². The molecule has 0 atom stereocenters. The largest absolute Gasteiger partial charge is 0.312 e. The van der Waals surface area contributed by atoms with Crippen LogP contribution in [-0.2, 0) is 6.54 Å². The van der Waals surface area contributed by atoms with Crippen molar-refractivity contribution in [3.63, 3.8) is 0 Å². The van der Waals surface area contributed by atoms with E-state index in [-0.39, 0.29) is 0 Å². The van der Waals surface area contributed by atoms with Crippen LogP contribution in [0.4, 0.5) is 0 Å². The lowest BCUT2D eigenvalue weighted by Crippen LogP contribution is -2.11. The Bertz CT molecular complexity index is 490. The van der Waals surface area contributed by atoms with Gasteiger partial charge in [-0.3, -0.25) is 0 Å². The number of rotatable bonds is 4. The fourth-order valence-electron chi connectivity index (χ4n) is 1.43. The zero-order chi connectivity index (χ0) is 12.3. The van der Waals surface area contributed by atoms with Crippen molar-refractivity contribution in [3.8, 4) is 10.8 Å². The molecule has 2 aromatic rings. The summed E-state index contributed by atoms with van der Waals surface area (Å²) >= 11 is 1.66. The third-order valence-corrected chi connectivity index (χ3v) is 3.55. The maximum atomic E-state index is 4.52. The minimum absolute atomic E-state index is 0.714. The first kappa shape index (κ1) is 12.1. The molecule has 0 saturated carbocycles. The zero-order valence-corrected chi connectivity index (χ0v) is 11.1. The highest BCUT2D eigenvalue weighted by Gasteiger charge is 2.10. The van der Waals surface area contributed by atoms with Crippen molar-refractivity contribution in [3.05, 3.63) is 28.5 Å². The van der Waals surface area contributed by atoms with E-state index in [0.29, 0.717) is 5.82 Å². The van der Waals surface area contributed by atoms with E-state index in [2.05, 4.69) is 27.2 Å². The highest BCUT2D eigenvalue weighted by atomic mass is 32.1. The molecular formula is C12H16N4S. The Morgan fingerprint density at radius 2 is 1.94 bits per heavy atom. The lowest BCUT2D eigenvalue weighted by atomic mass is 10.4. The summed E-state index contributed by atoms with van der Waals surface area (Å²) in [6.45, 7) is 7.94. The van der Waals surface area contributed by atoms with Gasteiger partial charge in [0.25, 0.3) is 0 Å². The second kappa shape index (κ2) is 5.33. The normalized spacial score (nSPS) is 10.8. The fourth-order valence-corrected chi connectivity index (χ4v) is 2.41. The number of hydrogen-bond donors (Lipinski definition) is 1. The molecule has 0 aliphatic rings. The van der Waals surface area contributed by atoms with Crippen LogP contribution in [0.25, 0.3) is 10.8 Å². The van der Waals surface area contributed by atoms with Crippen molar-refractivity contribution in [2.45, 2.75) is 27.3 Å². The van der Waals surface area contributed by atoms with Crippen LogP contribution in [0, 0.1) is 13.8 Å². The number of aromatic nitrogens is 3. The summed E-state index contributed by atoms with van der Waals surface area (Å²) in [6.07, 6.45) is 3.64. The molecule has 0 fully saturated rings. The molecular weight excluding hydrogens is 232 g/mol. The Morgan fingerprint density at radius 1 is 1.24 bits per heavy atom. The highest BCUT2D eigenvalue weighted by molar-refractivity contribution is 7.15. The molecule has 2 heterocycles. The van der Waals surface area contributed by atoms with E-state index in [1.165, 1.54) is 4.88 Å². The Labute approximate surface area is 105 Å². The first-order chi connectivity index (χ1) is 8.20. The number of thiazole rings is 1. The predicted octanol–water partition coefficient (Wildman–Crippen LogP) is 2.33. The van der Waals surface area contributed by atoms with Gasteiger partial charge >= 0.3 is 0 Å². The van der Waals surface area contributed by atoms with E-state index >= 15 is 0 Å². The summed E-state index contributed by atoms with van der Waals surface area (Å²) in [5, 5.41) is 4.21. The summed E-state index contributed by atoms with van der Waals surface area (Å²) < 4.78 is 0. The highest BCUT2D eigenvalue weighted by Crippen LogP contribution is 2.25. The van der Waals surface area contributed by atoms with Gasteiger partial charge < -0.3 is 5.32 Å². The smallest absolute Gasteiger partial charge is 0.188 e. The molecule has 0 bridgehead atoms. The summed E-state index contributed by atoms with van der Waals surface area (Å²) in [4.78, 5) is 14.4. The summed E-state index contributed by atoms with van der Waals surface area (Å²) in [6, 6.07) is 0. The Balaban J connectivity index is 2.24. The number of nitrogens with one attached hydrogen (secondary N) is 1. The fraction of sp³-hybridized carbons (Fsp3) is 0.417. The average Bonchev–Trinajstić information content (AvgIpc) is 2.69. The molecule has 4 nitrogen and oxygen atoms in total. The molecule has 17 heavy (non-hydrogen) atoms. The molecule has 0 amide bonds. The van der Waals surface area contributed by atoms with Crippen LogP contribution < -0.4 is 5.32 Å². The van der Waals surface area contributed by atoms with Crippen LogP contribution >= 0.6 is 11.3 Å². The van der Waals surface area contributed by atoms with Gasteiger partial charge in [-0.15, -0.1) is 11.3 Å². The monoisotopic (exact) mass is 248 g/mol. The van der Waals surface area contributed by atoms with Crippen LogP contribution in [0.15, 0.2) is 12.4 Å². The van der Waals surface area contributed by atoms with E-state index in [4.69, 9.17) is 0 Å². The van der Waals surface area contributed by atoms with Gasteiger partial charge in [0.05, 0.1) is 5.69 Å². The number of nitrogens with zero attached hydrogens (tertiary/aromatic N) is 3. The molecule has 0 unspecified atom stereocenters. The van der Waals surface area contributed by atoms with E-state index in [1.54, 1.807) is 11.3 Å². The van der Waals surface area contributed by atoms with Gasteiger partial charge in [0, 0.05) is 23.8 Å². The summed E-state index contributed by atoms with van der Waals surface area (Å²) in [5.74, 6) is 0.714. The van der Waals surface area contributed by atoms with Gasteiger partial charge in [-0.1, -0.05) is 6.92 Å².